The van der Waals surface area contributed by atoms with E-state index in [1.807, 2.05) is 0 Å². The Hall–Kier alpha value is -2.02. The molecule has 0 fully saturated rings. The first-order valence-electron chi connectivity index (χ1n) is 5.93. The van der Waals surface area contributed by atoms with E-state index >= 15 is 0 Å². The molecule has 0 aliphatic carbocycles. The maximum atomic E-state index is 10.6. The Bertz CT molecular complexity index is 553. The summed E-state index contributed by atoms with van der Waals surface area (Å²) < 4.78 is 0. The number of aromatic nitrogens is 3. The average Bonchev–Trinajstić information content (AvgIpc) is 2.87. The molecule has 2 aromatic rings. The van der Waals surface area contributed by atoms with E-state index in [9.17, 15) is 4.79 Å². The third kappa shape index (κ3) is 3.72. The highest BCUT2D eigenvalue weighted by molar-refractivity contribution is 7.09. The van der Waals surface area contributed by atoms with Gasteiger partial charge in [-0.2, -0.15) is 0 Å². The maximum Gasteiger partial charge on any atom is 0.356 e. The van der Waals surface area contributed by atoms with Crippen molar-refractivity contribution in [1.82, 2.24) is 15.2 Å². The molecule has 19 heavy (non-hydrogen) atoms. The van der Waals surface area contributed by atoms with Crippen molar-refractivity contribution in [3.05, 3.63) is 33.9 Å². The van der Waals surface area contributed by atoms with Gasteiger partial charge in [-0.15, -0.1) is 21.5 Å². The molecule has 0 saturated heterocycles. The largest absolute Gasteiger partial charge is 0.476 e. The summed E-state index contributed by atoms with van der Waals surface area (Å²) in [6.07, 6.45) is 1.76. The SMILES string of the molecule is CCc1nc(CCNc2ccc(C(=O)O)nn2)cs1. The summed E-state index contributed by atoms with van der Waals surface area (Å²) in [6, 6.07) is 3.03. The normalized spacial score (nSPS) is 10.4. The van der Waals surface area contributed by atoms with Gasteiger partial charge in [0.2, 0.25) is 0 Å². The number of nitrogens with one attached hydrogen (secondary N) is 1. The smallest absolute Gasteiger partial charge is 0.356 e. The lowest BCUT2D eigenvalue weighted by atomic mass is 10.3. The molecule has 2 N–H and O–H groups in total. The van der Waals surface area contributed by atoms with E-state index in [1.165, 1.54) is 6.07 Å². The van der Waals surface area contributed by atoms with Gasteiger partial charge in [0.1, 0.15) is 5.82 Å². The van der Waals surface area contributed by atoms with Crippen LogP contribution >= 0.6 is 11.3 Å². The average molecular weight is 278 g/mol. The molecule has 0 amide bonds. The van der Waals surface area contributed by atoms with Gasteiger partial charge in [-0.1, -0.05) is 6.92 Å². The Balaban J connectivity index is 1.83. The second-order valence-electron chi connectivity index (χ2n) is 3.87. The fourth-order valence-electron chi connectivity index (χ4n) is 1.49. The number of rotatable bonds is 6. The van der Waals surface area contributed by atoms with Crippen LogP contribution in [0, 0.1) is 0 Å². The van der Waals surface area contributed by atoms with Gasteiger partial charge in [0.25, 0.3) is 0 Å². The van der Waals surface area contributed by atoms with Crippen LogP contribution in [0.2, 0.25) is 0 Å². The van der Waals surface area contributed by atoms with Gasteiger partial charge >= 0.3 is 5.97 Å². The van der Waals surface area contributed by atoms with Crippen LogP contribution in [-0.4, -0.2) is 32.8 Å². The zero-order chi connectivity index (χ0) is 13.7. The first-order chi connectivity index (χ1) is 9.19. The van der Waals surface area contributed by atoms with Crippen molar-refractivity contribution < 1.29 is 9.90 Å². The van der Waals surface area contributed by atoms with Crippen LogP contribution in [0.4, 0.5) is 5.82 Å². The van der Waals surface area contributed by atoms with Gasteiger partial charge in [-0.25, -0.2) is 9.78 Å². The zero-order valence-electron chi connectivity index (χ0n) is 10.5. The van der Waals surface area contributed by atoms with Gasteiger partial charge < -0.3 is 10.4 Å². The van der Waals surface area contributed by atoms with E-state index < -0.39 is 5.97 Å². The fraction of sp³-hybridized carbons (Fsp3) is 0.333. The minimum Gasteiger partial charge on any atom is -0.476 e. The molecule has 0 radical (unpaired) electrons. The molecule has 2 rings (SSSR count). The number of hydrogen-bond acceptors (Lipinski definition) is 6. The summed E-state index contributed by atoms with van der Waals surface area (Å²) in [5.41, 5.74) is 1.00. The number of carbonyl (C=O) groups is 1. The van der Waals surface area contributed by atoms with Crippen molar-refractivity contribution in [3.8, 4) is 0 Å². The van der Waals surface area contributed by atoms with Crippen LogP contribution in [0.5, 0.6) is 0 Å². The number of thiazole rings is 1. The minimum atomic E-state index is -1.08. The summed E-state index contributed by atoms with van der Waals surface area (Å²) in [4.78, 5) is 15.1. The van der Waals surface area contributed by atoms with Crippen molar-refractivity contribution in [3.63, 3.8) is 0 Å². The second kappa shape index (κ2) is 6.24. The number of aromatic carboxylic acids is 1. The molecule has 0 atom stereocenters. The molecule has 0 saturated carbocycles. The van der Waals surface area contributed by atoms with Crippen molar-refractivity contribution in [2.24, 2.45) is 0 Å². The van der Waals surface area contributed by atoms with Crippen molar-refractivity contribution >= 4 is 23.1 Å². The molecule has 100 valence electrons. The Labute approximate surface area is 114 Å². The molecular formula is C12H14N4O2S. The highest BCUT2D eigenvalue weighted by Crippen LogP contribution is 2.11. The van der Waals surface area contributed by atoms with Crippen LogP contribution in [0.15, 0.2) is 17.5 Å². The molecular weight excluding hydrogens is 264 g/mol. The highest BCUT2D eigenvalue weighted by atomic mass is 32.1. The lowest BCUT2D eigenvalue weighted by Gasteiger charge is -2.03. The lowest BCUT2D eigenvalue weighted by molar-refractivity contribution is 0.0689. The number of nitrogens with zero attached hydrogens (tertiary/aromatic N) is 3. The molecule has 2 aromatic heterocycles. The Kier molecular flexibility index (Phi) is 4.40. The third-order valence-electron chi connectivity index (χ3n) is 2.47. The number of carboxylic acid groups (broad SMARTS) is 1. The number of anilines is 1. The summed E-state index contributed by atoms with van der Waals surface area (Å²) in [6.45, 7) is 2.77. The van der Waals surface area contributed by atoms with E-state index in [0.717, 1.165) is 23.5 Å². The summed E-state index contributed by atoms with van der Waals surface area (Å²) >= 11 is 1.67. The molecule has 2 heterocycles. The van der Waals surface area contributed by atoms with Crippen LogP contribution in [0.1, 0.15) is 28.1 Å². The first kappa shape index (κ1) is 13.4. The minimum absolute atomic E-state index is 0.0577. The summed E-state index contributed by atoms with van der Waals surface area (Å²) in [5.74, 6) is -0.510. The topological polar surface area (TPSA) is 88.0 Å². The van der Waals surface area contributed by atoms with Gasteiger partial charge in [0, 0.05) is 18.3 Å². The molecule has 7 heteroatoms. The van der Waals surface area contributed by atoms with Crippen molar-refractivity contribution in [1.29, 1.82) is 0 Å². The highest BCUT2D eigenvalue weighted by Gasteiger charge is 2.05. The maximum absolute atomic E-state index is 10.6. The quantitative estimate of drug-likeness (QED) is 0.838. The molecule has 0 spiro atoms. The molecule has 0 aromatic carbocycles. The van der Waals surface area contributed by atoms with Gasteiger partial charge in [0.05, 0.1) is 10.7 Å². The summed E-state index contributed by atoms with van der Waals surface area (Å²) in [7, 11) is 0. The monoisotopic (exact) mass is 278 g/mol. The Morgan fingerprint density at radius 2 is 2.26 bits per heavy atom. The molecule has 0 aliphatic heterocycles. The second-order valence-corrected chi connectivity index (χ2v) is 4.81. The fourth-order valence-corrected chi connectivity index (χ4v) is 2.26. The van der Waals surface area contributed by atoms with E-state index in [-0.39, 0.29) is 5.69 Å². The van der Waals surface area contributed by atoms with Crippen molar-refractivity contribution in [2.45, 2.75) is 19.8 Å². The van der Waals surface area contributed by atoms with Gasteiger partial charge in [-0.05, 0) is 18.6 Å². The number of carboxylic acids is 1. The first-order valence-corrected chi connectivity index (χ1v) is 6.81. The molecule has 0 unspecified atom stereocenters. The van der Waals surface area contributed by atoms with Crippen molar-refractivity contribution in [2.75, 3.05) is 11.9 Å². The van der Waals surface area contributed by atoms with Crippen LogP contribution in [-0.2, 0) is 12.8 Å². The molecule has 0 bridgehead atoms. The Morgan fingerprint density at radius 1 is 1.42 bits per heavy atom. The van der Waals surface area contributed by atoms with Crippen LogP contribution < -0.4 is 5.32 Å². The Morgan fingerprint density at radius 3 is 2.84 bits per heavy atom. The molecule has 0 aliphatic rings. The number of hydrogen-bond donors (Lipinski definition) is 2. The van der Waals surface area contributed by atoms with Gasteiger partial charge in [-0.3, -0.25) is 0 Å². The lowest BCUT2D eigenvalue weighted by Crippen LogP contribution is -2.09. The van der Waals surface area contributed by atoms with E-state index in [2.05, 4.69) is 32.8 Å². The number of aryl methyl sites for hydroxylation is 1. The van der Waals surface area contributed by atoms with Crippen LogP contribution in [0.25, 0.3) is 0 Å². The zero-order valence-corrected chi connectivity index (χ0v) is 11.3. The van der Waals surface area contributed by atoms with Crippen LogP contribution in [0.3, 0.4) is 0 Å². The van der Waals surface area contributed by atoms with Gasteiger partial charge in [0.15, 0.2) is 5.69 Å². The standard InChI is InChI=1S/C12H14N4O2S/c1-2-11-14-8(7-19-11)5-6-13-10-4-3-9(12(17)18)15-16-10/h3-4,7H,2,5-6H2,1H3,(H,13,16)(H,17,18). The van der Waals surface area contributed by atoms with E-state index in [1.54, 1.807) is 17.4 Å². The summed E-state index contributed by atoms with van der Waals surface area (Å²) in [5, 5.41) is 22.4. The third-order valence-corrected chi connectivity index (χ3v) is 3.51. The predicted octanol–water partition coefficient (Wildman–Crippen LogP) is 1.85. The predicted molar refractivity (Wildman–Crippen MR) is 72.7 cm³/mol. The molecule has 6 nitrogen and oxygen atoms in total. The van der Waals surface area contributed by atoms with E-state index in [4.69, 9.17) is 5.11 Å². The van der Waals surface area contributed by atoms with E-state index in [0.29, 0.717) is 12.4 Å².